The Morgan fingerprint density at radius 3 is 2.93 bits per heavy atom. The highest BCUT2D eigenvalue weighted by atomic mass is 16.5. The zero-order valence-corrected chi connectivity index (χ0v) is 9.02. The second kappa shape index (κ2) is 4.94. The molecule has 4 heteroatoms. The Morgan fingerprint density at radius 1 is 1.40 bits per heavy atom. The molecule has 2 aliphatic heterocycles. The lowest BCUT2D eigenvalue weighted by Crippen LogP contribution is -2.45. The maximum Gasteiger partial charge on any atom is 0.251 e. The Bertz CT molecular complexity index is 226. The Kier molecular flexibility index (Phi) is 3.59. The highest BCUT2D eigenvalue weighted by Crippen LogP contribution is 2.20. The van der Waals surface area contributed by atoms with Crippen LogP contribution in [0.5, 0.6) is 0 Å². The monoisotopic (exact) mass is 213 g/mol. The summed E-state index contributed by atoms with van der Waals surface area (Å²) < 4.78 is 5.38. The molecule has 2 fully saturated rings. The smallest absolute Gasteiger partial charge is 0.251 e. The van der Waals surface area contributed by atoms with Crippen LogP contribution in [-0.4, -0.2) is 48.3 Å². The first-order valence-corrected chi connectivity index (χ1v) is 5.82. The molecule has 0 saturated carbocycles. The van der Waals surface area contributed by atoms with E-state index in [2.05, 4.69) is 0 Å². The second-order valence-corrected chi connectivity index (χ2v) is 4.48. The van der Waals surface area contributed by atoms with Gasteiger partial charge in [-0.3, -0.25) is 4.79 Å². The fraction of sp³-hybridized carbons (Fsp3) is 0.909. The van der Waals surface area contributed by atoms with Crippen molar-refractivity contribution in [2.24, 2.45) is 5.92 Å². The molecule has 0 aromatic heterocycles. The minimum atomic E-state index is -0.206. The second-order valence-electron chi connectivity index (χ2n) is 4.48. The molecule has 2 aliphatic rings. The van der Waals surface area contributed by atoms with Crippen molar-refractivity contribution in [1.29, 1.82) is 0 Å². The van der Waals surface area contributed by atoms with Crippen molar-refractivity contribution in [1.82, 2.24) is 4.90 Å². The van der Waals surface area contributed by atoms with Gasteiger partial charge < -0.3 is 14.7 Å². The van der Waals surface area contributed by atoms with E-state index < -0.39 is 0 Å². The van der Waals surface area contributed by atoms with Crippen LogP contribution in [0.25, 0.3) is 0 Å². The molecule has 2 heterocycles. The normalized spacial score (nSPS) is 31.9. The number of hydrogen-bond donors (Lipinski definition) is 1. The number of aliphatic hydroxyl groups excluding tert-OH is 1. The summed E-state index contributed by atoms with van der Waals surface area (Å²) in [6, 6.07) is 0. The van der Waals surface area contributed by atoms with Gasteiger partial charge in [-0.05, 0) is 31.6 Å². The van der Waals surface area contributed by atoms with Crippen LogP contribution >= 0.6 is 0 Å². The molecule has 0 spiro atoms. The molecule has 1 amide bonds. The molecule has 2 atom stereocenters. The molecule has 0 radical (unpaired) electrons. The van der Waals surface area contributed by atoms with Crippen LogP contribution in [0.3, 0.4) is 0 Å². The van der Waals surface area contributed by atoms with Gasteiger partial charge in [0.15, 0.2) is 0 Å². The third-order valence-electron chi connectivity index (χ3n) is 3.29. The van der Waals surface area contributed by atoms with Crippen LogP contribution in [0.1, 0.15) is 25.7 Å². The molecule has 0 aromatic carbocycles. The van der Waals surface area contributed by atoms with Gasteiger partial charge in [0.25, 0.3) is 5.91 Å². The van der Waals surface area contributed by atoms with Gasteiger partial charge >= 0.3 is 0 Å². The van der Waals surface area contributed by atoms with E-state index in [-0.39, 0.29) is 24.5 Å². The third kappa shape index (κ3) is 2.49. The number of nitrogens with zero attached hydrogens (tertiary/aromatic N) is 1. The topological polar surface area (TPSA) is 49.8 Å². The van der Waals surface area contributed by atoms with Gasteiger partial charge in [0.1, 0.15) is 6.10 Å². The van der Waals surface area contributed by atoms with Crippen molar-refractivity contribution in [2.45, 2.75) is 31.8 Å². The number of ether oxygens (including phenoxy) is 1. The first-order chi connectivity index (χ1) is 7.31. The number of carbonyl (C=O) groups excluding carboxylic acids is 1. The minimum absolute atomic E-state index is 0.130. The molecule has 1 N–H and O–H groups in total. The number of carbonyl (C=O) groups is 1. The third-order valence-corrected chi connectivity index (χ3v) is 3.29. The van der Waals surface area contributed by atoms with Crippen molar-refractivity contribution in [3.8, 4) is 0 Å². The van der Waals surface area contributed by atoms with Crippen LogP contribution in [-0.2, 0) is 9.53 Å². The summed E-state index contributed by atoms with van der Waals surface area (Å²) in [5.41, 5.74) is 0. The predicted molar refractivity (Wildman–Crippen MR) is 55.4 cm³/mol. The first kappa shape index (κ1) is 10.9. The van der Waals surface area contributed by atoms with Crippen LogP contribution in [0.15, 0.2) is 0 Å². The average molecular weight is 213 g/mol. The van der Waals surface area contributed by atoms with E-state index in [0.29, 0.717) is 13.2 Å². The van der Waals surface area contributed by atoms with Gasteiger partial charge in [-0.1, -0.05) is 0 Å². The van der Waals surface area contributed by atoms with Crippen molar-refractivity contribution in [3.63, 3.8) is 0 Å². The van der Waals surface area contributed by atoms with E-state index in [0.717, 1.165) is 32.2 Å². The molecule has 15 heavy (non-hydrogen) atoms. The lowest BCUT2D eigenvalue weighted by Gasteiger charge is -2.33. The van der Waals surface area contributed by atoms with Crippen molar-refractivity contribution >= 4 is 5.91 Å². The maximum atomic E-state index is 12.0. The lowest BCUT2D eigenvalue weighted by atomic mass is 9.98. The Balaban J connectivity index is 1.88. The first-order valence-electron chi connectivity index (χ1n) is 5.82. The number of hydrogen-bond acceptors (Lipinski definition) is 3. The molecular formula is C11H19NO3. The van der Waals surface area contributed by atoms with Gasteiger partial charge in [-0.25, -0.2) is 0 Å². The van der Waals surface area contributed by atoms with Crippen molar-refractivity contribution in [2.75, 3.05) is 26.3 Å². The summed E-state index contributed by atoms with van der Waals surface area (Å²) in [6.45, 7) is 2.44. The van der Waals surface area contributed by atoms with Gasteiger partial charge in [0.05, 0.1) is 0 Å². The van der Waals surface area contributed by atoms with E-state index >= 15 is 0 Å². The minimum Gasteiger partial charge on any atom is -0.396 e. The molecule has 0 aliphatic carbocycles. The molecule has 2 rings (SSSR count). The number of aliphatic hydroxyl groups is 1. The van der Waals surface area contributed by atoms with Gasteiger partial charge in [0.2, 0.25) is 0 Å². The highest BCUT2D eigenvalue weighted by molar-refractivity contribution is 5.81. The Hall–Kier alpha value is -0.610. The SMILES string of the molecule is O=C([C@@H]1CCCO1)N1CCCC(CO)C1. The fourth-order valence-corrected chi connectivity index (χ4v) is 2.39. The van der Waals surface area contributed by atoms with E-state index in [4.69, 9.17) is 9.84 Å². The number of piperidine rings is 1. The number of likely N-dealkylation sites (tertiary alicyclic amines) is 1. The van der Waals surface area contributed by atoms with Crippen LogP contribution in [0, 0.1) is 5.92 Å². The van der Waals surface area contributed by atoms with Crippen LogP contribution in [0.2, 0.25) is 0 Å². The van der Waals surface area contributed by atoms with Crippen LogP contribution in [0.4, 0.5) is 0 Å². The Labute approximate surface area is 90.2 Å². The fourth-order valence-electron chi connectivity index (χ4n) is 2.39. The zero-order chi connectivity index (χ0) is 10.7. The Morgan fingerprint density at radius 2 is 2.27 bits per heavy atom. The van der Waals surface area contributed by atoms with Crippen LogP contribution < -0.4 is 0 Å². The van der Waals surface area contributed by atoms with Gasteiger partial charge in [0, 0.05) is 26.3 Å². The molecular weight excluding hydrogens is 194 g/mol. The molecule has 0 bridgehead atoms. The summed E-state index contributed by atoms with van der Waals surface area (Å²) in [5, 5.41) is 9.09. The standard InChI is InChI=1S/C11H19NO3/c13-8-9-3-1-5-12(7-9)11(14)10-4-2-6-15-10/h9-10,13H,1-8H2/t9?,10-/m0/s1. The molecule has 2 saturated heterocycles. The summed E-state index contributed by atoms with van der Waals surface area (Å²) in [7, 11) is 0. The maximum absolute atomic E-state index is 12.0. The zero-order valence-electron chi connectivity index (χ0n) is 9.02. The van der Waals surface area contributed by atoms with Crippen molar-refractivity contribution in [3.05, 3.63) is 0 Å². The number of amides is 1. The molecule has 4 nitrogen and oxygen atoms in total. The van der Waals surface area contributed by atoms with Gasteiger partial charge in [-0.2, -0.15) is 0 Å². The van der Waals surface area contributed by atoms with E-state index in [1.165, 1.54) is 0 Å². The summed E-state index contributed by atoms with van der Waals surface area (Å²) in [5.74, 6) is 0.398. The summed E-state index contributed by atoms with van der Waals surface area (Å²) in [6.07, 6.45) is 3.69. The van der Waals surface area contributed by atoms with Gasteiger partial charge in [-0.15, -0.1) is 0 Å². The van der Waals surface area contributed by atoms with E-state index in [1.807, 2.05) is 4.90 Å². The average Bonchev–Trinajstić information content (AvgIpc) is 2.81. The lowest BCUT2D eigenvalue weighted by molar-refractivity contribution is -0.143. The summed E-state index contributed by atoms with van der Waals surface area (Å²) in [4.78, 5) is 13.8. The predicted octanol–water partition coefficient (Wildman–Crippen LogP) is 0.396. The largest absolute Gasteiger partial charge is 0.396 e. The highest BCUT2D eigenvalue weighted by Gasteiger charge is 2.31. The summed E-state index contributed by atoms with van der Waals surface area (Å²) >= 11 is 0. The molecule has 86 valence electrons. The quantitative estimate of drug-likeness (QED) is 0.722. The van der Waals surface area contributed by atoms with E-state index in [9.17, 15) is 4.79 Å². The number of rotatable bonds is 2. The molecule has 0 aromatic rings. The van der Waals surface area contributed by atoms with E-state index in [1.54, 1.807) is 0 Å². The molecule has 1 unspecified atom stereocenters. The van der Waals surface area contributed by atoms with Crippen molar-refractivity contribution < 1.29 is 14.6 Å².